The Morgan fingerprint density at radius 3 is 2.49 bits per heavy atom. The van der Waals surface area contributed by atoms with Crippen molar-refractivity contribution in [3.05, 3.63) is 58.4 Å². The van der Waals surface area contributed by atoms with E-state index in [0.717, 1.165) is 0 Å². The van der Waals surface area contributed by atoms with Crippen molar-refractivity contribution in [1.82, 2.24) is 0 Å². The maximum absolute atomic E-state index is 17.5. The molecule has 0 aliphatic heterocycles. The van der Waals surface area contributed by atoms with Gasteiger partial charge in [-0.15, -0.1) is 0 Å². The average Bonchev–Trinajstić information content (AvgIpc) is 3.18. The Kier molecular flexibility index (Phi) is 8.33. The van der Waals surface area contributed by atoms with Crippen molar-refractivity contribution in [2.45, 2.75) is 77.2 Å². The van der Waals surface area contributed by atoms with E-state index in [0.29, 0.717) is 22.6 Å². The van der Waals surface area contributed by atoms with E-state index >= 15 is 8.78 Å². The SMILES string of the molecule is CCC(=O)O[C@]1(C(=O)SOCC(=O)c2ccc(Cl)cc2)[C@H](C)CC2C3CC(F)=C4CC(=O)C=C[C@]4(C)[C@@]3(F)[C@@H](O)C[C@@]21C. The monoisotopic (exact) mass is 636 g/mol. The first kappa shape index (κ1) is 32.0. The minimum atomic E-state index is -2.33. The molecular formula is C32H35ClF2O7S. The highest BCUT2D eigenvalue weighted by Gasteiger charge is 2.77. The second-order valence-corrected chi connectivity index (χ2v) is 13.9. The van der Waals surface area contributed by atoms with E-state index in [9.17, 15) is 24.3 Å². The van der Waals surface area contributed by atoms with Gasteiger partial charge in [0.15, 0.2) is 22.8 Å². The zero-order valence-electron chi connectivity index (χ0n) is 24.5. The summed E-state index contributed by atoms with van der Waals surface area (Å²) in [5.41, 5.74) is -6.66. The molecule has 0 heterocycles. The van der Waals surface area contributed by atoms with E-state index < -0.39 is 75.3 Å². The number of carbonyl (C=O) groups is 4. The number of aliphatic hydroxyl groups excluding tert-OH is 1. The third-order valence-electron chi connectivity index (χ3n) is 10.6. The smallest absolute Gasteiger partial charge is 0.306 e. The standard InChI is InChI=1S/C32H35ClF2O7S/c1-5-27(39)42-32(28(40)43-41-16-25(37)18-6-8-19(33)9-7-18)17(2)12-21-22-14-24(34)23-13-20(36)10-11-29(23,3)31(22,35)26(38)15-30(21,32)4/h6-11,17,21-22,26,38H,5,12-16H2,1-4H3/t17-,21?,22?,26+,29+,30+,31+,32+/m1/s1. The molecule has 0 radical (unpaired) electrons. The van der Waals surface area contributed by atoms with Crippen LogP contribution >= 0.6 is 23.6 Å². The lowest BCUT2D eigenvalue weighted by atomic mass is 9.45. The fourth-order valence-corrected chi connectivity index (χ4v) is 9.36. The molecule has 1 N–H and O–H groups in total. The molecule has 2 unspecified atom stereocenters. The van der Waals surface area contributed by atoms with Crippen LogP contribution in [0.25, 0.3) is 0 Å². The number of aliphatic hydroxyl groups is 1. The molecule has 4 aliphatic carbocycles. The fraction of sp³-hybridized carbons (Fsp3) is 0.562. The molecular weight excluding hydrogens is 602 g/mol. The topological polar surface area (TPSA) is 107 Å². The van der Waals surface area contributed by atoms with Crippen LogP contribution in [-0.2, 0) is 23.3 Å². The van der Waals surface area contributed by atoms with Crippen LogP contribution in [0.5, 0.6) is 0 Å². The number of Topliss-reactive ketones (excluding diaryl/α,β-unsaturated/α-hetero) is 1. The number of benzene rings is 1. The molecule has 5 rings (SSSR count). The van der Waals surface area contributed by atoms with Crippen molar-refractivity contribution in [1.29, 1.82) is 0 Å². The fourth-order valence-electron chi connectivity index (χ4n) is 8.36. The summed E-state index contributed by atoms with van der Waals surface area (Å²) < 4.78 is 44.8. The zero-order chi connectivity index (χ0) is 31.5. The van der Waals surface area contributed by atoms with E-state index in [1.807, 2.05) is 0 Å². The third-order valence-corrected chi connectivity index (χ3v) is 11.5. The van der Waals surface area contributed by atoms with Crippen molar-refractivity contribution in [2.75, 3.05) is 6.61 Å². The second kappa shape index (κ2) is 11.2. The van der Waals surface area contributed by atoms with Gasteiger partial charge in [-0.1, -0.05) is 38.4 Å². The van der Waals surface area contributed by atoms with Crippen molar-refractivity contribution < 1.29 is 42.0 Å². The van der Waals surface area contributed by atoms with Gasteiger partial charge in [0.25, 0.3) is 5.12 Å². The number of rotatable bonds is 7. The summed E-state index contributed by atoms with van der Waals surface area (Å²) in [6.45, 7) is 6.04. The number of allylic oxidation sites excluding steroid dienone is 4. The first-order valence-corrected chi connectivity index (χ1v) is 15.6. The number of hydrogen-bond donors (Lipinski definition) is 1. The summed E-state index contributed by atoms with van der Waals surface area (Å²) in [5.74, 6) is -4.37. The van der Waals surface area contributed by atoms with Gasteiger partial charge in [-0.05, 0) is 61.6 Å². The van der Waals surface area contributed by atoms with Crippen LogP contribution < -0.4 is 0 Å². The number of carbonyl (C=O) groups excluding carboxylic acids is 4. The quantitative estimate of drug-likeness (QED) is 0.211. The highest BCUT2D eigenvalue weighted by atomic mass is 35.5. The summed E-state index contributed by atoms with van der Waals surface area (Å²) in [4.78, 5) is 51.7. The first-order valence-electron chi connectivity index (χ1n) is 14.5. The first-order chi connectivity index (χ1) is 20.2. The van der Waals surface area contributed by atoms with Crippen LogP contribution in [0.4, 0.5) is 8.78 Å². The predicted molar refractivity (Wildman–Crippen MR) is 156 cm³/mol. The number of alkyl halides is 1. The molecule has 2 fully saturated rings. The molecule has 1 aromatic rings. The summed E-state index contributed by atoms with van der Waals surface area (Å²) in [5, 5.41) is 11.4. The van der Waals surface area contributed by atoms with E-state index in [1.165, 1.54) is 31.2 Å². The van der Waals surface area contributed by atoms with Crippen LogP contribution in [0.15, 0.2) is 47.8 Å². The van der Waals surface area contributed by atoms with Crippen LogP contribution in [0.2, 0.25) is 5.02 Å². The van der Waals surface area contributed by atoms with Gasteiger partial charge in [0.2, 0.25) is 0 Å². The predicted octanol–water partition coefficient (Wildman–Crippen LogP) is 6.32. The van der Waals surface area contributed by atoms with Gasteiger partial charge >= 0.3 is 5.97 Å². The molecule has 2 saturated carbocycles. The Balaban J connectivity index is 1.49. The van der Waals surface area contributed by atoms with Crippen molar-refractivity contribution in [2.24, 2.45) is 28.6 Å². The molecule has 8 atom stereocenters. The zero-order valence-corrected chi connectivity index (χ0v) is 26.0. The number of halogens is 3. The summed E-state index contributed by atoms with van der Waals surface area (Å²) in [6, 6.07) is 6.17. The van der Waals surface area contributed by atoms with Gasteiger partial charge in [-0.25, -0.2) is 8.78 Å². The Morgan fingerprint density at radius 2 is 1.84 bits per heavy atom. The van der Waals surface area contributed by atoms with E-state index in [4.69, 9.17) is 20.5 Å². The summed E-state index contributed by atoms with van der Waals surface area (Å²) >= 11 is 6.28. The molecule has 7 nitrogen and oxygen atoms in total. The molecule has 0 spiro atoms. The number of ketones is 2. The Bertz CT molecular complexity index is 1430. The minimum absolute atomic E-state index is 0.0419. The molecule has 4 aliphatic rings. The second-order valence-electron chi connectivity index (χ2n) is 12.6. The number of ether oxygens (including phenoxy) is 1. The normalized spacial score (nSPS) is 38.3. The molecule has 43 heavy (non-hydrogen) atoms. The Morgan fingerprint density at radius 1 is 1.16 bits per heavy atom. The van der Waals surface area contributed by atoms with Gasteiger partial charge in [0.1, 0.15) is 12.4 Å². The van der Waals surface area contributed by atoms with Gasteiger partial charge in [0.05, 0.1) is 18.1 Å². The highest BCUT2D eigenvalue weighted by Crippen LogP contribution is 2.72. The number of fused-ring (bicyclic) bond motifs is 5. The van der Waals surface area contributed by atoms with Crippen LogP contribution in [0.1, 0.15) is 70.2 Å². The lowest BCUT2D eigenvalue weighted by molar-refractivity contribution is -0.223. The molecule has 0 amide bonds. The van der Waals surface area contributed by atoms with Crippen molar-refractivity contribution >= 4 is 46.3 Å². The number of hydrogen-bond acceptors (Lipinski definition) is 8. The van der Waals surface area contributed by atoms with Gasteiger partial charge in [-0.3, -0.25) is 23.4 Å². The largest absolute Gasteiger partial charge is 0.449 e. The Labute approximate surface area is 258 Å². The average molecular weight is 637 g/mol. The molecule has 0 aromatic heterocycles. The summed E-state index contributed by atoms with van der Waals surface area (Å²) in [7, 11) is 0. The van der Waals surface area contributed by atoms with Crippen molar-refractivity contribution in [3.63, 3.8) is 0 Å². The van der Waals surface area contributed by atoms with Crippen molar-refractivity contribution in [3.8, 4) is 0 Å². The maximum atomic E-state index is 17.5. The summed E-state index contributed by atoms with van der Waals surface area (Å²) in [6.07, 6.45) is 0.247. The van der Waals surface area contributed by atoms with Crippen LogP contribution in [0, 0.1) is 28.6 Å². The highest BCUT2D eigenvalue weighted by molar-refractivity contribution is 8.09. The van der Waals surface area contributed by atoms with Gasteiger partial charge in [0, 0.05) is 52.5 Å². The minimum Gasteiger partial charge on any atom is -0.449 e. The molecule has 1 aromatic carbocycles. The van der Waals surface area contributed by atoms with Crippen LogP contribution in [0.3, 0.4) is 0 Å². The lowest BCUT2D eigenvalue weighted by Gasteiger charge is -2.62. The Hall–Kier alpha value is -2.40. The molecule has 0 saturated heterocycles. The molecule has 11 heteroatoms. The maximum Gasteiger partial charge on any atom is 0.306 e. The number of esters is 1. The third kappa shape index (κ3) is 4.66. The van der Waals surface area contributed by atoms with Gasteiger partial charge in [-0.2, -0.15) is 0 Å². The molecule has 0 bridgehead atoms. The van der Waals surface area contributed by atoms with E-state index in [-0.39, 0.29) is 43.5 Å². The van der Waals surface area contributed by atoms with Crippen LogP contribution in [-0.4, -0.2) is 51.7 Å². The van der Waals surface area contributed by atoms with E-state index in [2.05, 4.69) is 0 Å². The lowest BCUT2D eigenvalue weighted by Crippen LogP contribution is -2.69. The van der Waals surface area contributed by atoms with Gasteiger partial charge < -0.3 is 9.84 Å². The van der Waals surface area contributed by atoms with E-state index in [1.54, 1.807) is 32.9 Å². The molecule has 232 valence electrons.